The Morgan fingerprint density at radius 3 is 2.39 bits per heavy atom. The lowest BCUT2D eigenvalue weighted by atomic mass is 10.2. The highest BCUT2D eigenvalue weighted by Gasteiger charge is 2.09. The van der Waals surface area contributed by atoms with E-state index in [2.05, 4.69) is 21.2 Å². The van der Waals surface area contributed by atoms with E-state index in [0.717, 1.165) is 0 Å². The fourth-order valence-electron chi connectivity index (χ4n) is 1.80. The zero-order chi connectivity index (χ0) is 16.8. The Kier molecular flexibility index (Phi) is 5.59. The van der Waals surface area contributed by atoms with E-state index >= 15 is 0 Å². The number of carbonyl (C=O) groups excluding carboxylic acids is 2. The van der Waals surface area contributed by atoms with E-state index in [9.17, 15) is 14.7 Å². The van der Waals surface area contributed by atoms with Gasteiger partial charge in [-0.25, -0.2) is 0 Å². The molecule has 0 aliphatic heterocycles. The normalized spacial score (nSPS) is 10.0. The molecule has 0 saturated heterocycles. The van der Waals surface area contributed by atoms with Gasteiger partial charge in [0.2, 0.25) is 0 Å². The summed E-state index contributed by atoms with van der Waals surface area (Å²) in [5, 5.41) is 13.6. The second-order valence-electron chi connectivity index (χ2n) is 4.49. The lowest BCUT2D eigenvalue weighted by Gasteiger charge is -2.13. The zero-order valence-corrected chi connectivity index (χ0v) is 13.8. The largest absolute Gasteiger partial charge is 0.545 e. The van der Waals surface area contributed by atoms with E-state index in [0.29, 0.717) is 16.0 Å². The molecule has 0 bridgehead atoms. The van der Waals surface area contributed by atoms with Crippen LogP contribution in [0, 0.1) is 0 Å². The van der Waals surface area contributed by atoms with Crippen molar-refractivity contribution in [3.63, 3.8) is 0 Å². The van der Waals surface area contributed by atoms with Crippen LogP contribution in [0.5, 0.6) is 11.5 Å². The van der Waals surface area contributed by atoms with Crippen LogP contribution in [-0.2, 0) is 4.79 Å². The van der Waals surface area contributed by atoms with Crippen molar-refractivity contribution in [3.05, 3.63) is 52.5 Å². The number of methoxy groups -OCH3 is 1. The van der Waals surface area contributed by atoms with Gasteiger partial charge in [-0.2, -0.15) is 0 Å². The van der Waals surface area contributed by atoms with Gasteiger partial charge in [-0.15, -0.1) is 0 Å². The molecule has 1 N–H and O–H groups in total. The second kappa shape index (κ2) is 7.64. The van der Waals surface area contributed by atoms with Crippen LogP contribution in [0.3, 0.4) is 0 Å². The van der Waals surface area contributed by atoms with Gasteiger partial charge in [0.15, 0.2) is 6.61 Å². The van der Waals surface area contributed by atoms with Crippen LogP contribution < -0.4 is 19.9 Å². The number of halogens is 1. The fourth-order valence-corrected chi connectivity index (χ4v) is 2.16. The Labute approximate surface area is 141 Å². The molecule has 0 aliphatic rings. The third kappa shape index (κ3) is 4.72. The van der Waals surface area contributed by atoms with Crippen molar-refractivity contribution in [2.75, 3.05) is 19.0 Å². The molecule has 7 heteroatoms. The minimum Gasteiger partial charge on any atom is -0.545 e. The number of hydrogen-bond donors (Lipinski definition) is 1. The summed E-state index contributed by atoms with van der Waals surface area (Å²) in [4.78, 5) is 23.0. The van der Waals surface area contributed by atoms with Gasteiger partial charge in [0, 0.05) is 15.7 Å². The topological polar surface area (TPSA) is 87.7 Å². The highest BCUT2D eigenvalue weighted by Crippen LogP contribution is 2.21. The first-order valence-corrected chi connectivity index (χ1v) is 7.36. The smallest absolute Gasteiger partial charge is 0.262 e. The third-order valence-corrected chi connectivity index (χ3v) is 3.40. The maximum atomic E-state index is 11.9. The molecule has 0 aliphatic carbocycles. The van der Waals surface area contributed by atoms with Gasteiger partial charge in [-0.05, 0) is 42.5 Å². The third-order valence-electron chi connectivity index (χ3n) is 2.90. The summed E-state index contributed by atoms with van der Waals surface area (Å²) in [6.45, 7) is -0.255. The van der Waals surface area contributed by atoms with Crippen molar-refractivity contribution in [1.82, 2.24) is 0 Å². The first-order chi connectivity index (χ1) is 11.0. The molecule has 2 rings (SSSR count). The quantitative estimate of drug-likeness (QED) is 0.828. The van der Waals surface area contributed by atoms with Gasteiger partial charge in [0.25, 0.3) is 5.91 Å². The number of carboxylic acids is 1. The molecule has 0 radical (unpaired) electrons. The van der Waals surface area contributed by atoms with Crippen LogP contribution in [0.15, 0.2) is 46.9 Å². The van der Waals surface area contributed by atoms with E-state index in [-0.39, 0.29) is 17.9 Å². The Balaban J connectivity index is 1.98. The van der Waals surface area contributed by atoms with Gasteiger partial charge in [0.05, 0.1) is 13.1 Å². The molecular formula is C16H13BrNO5-. The van der Waals surface area contributed by atoms with Gasteiger partial charge in [0.1, 0.15) is 11.5 Å². The van der Waals surface area contributed by atoms with E-state index in [1.807, 2.05) is 0 Å². The maximum Gasteiger partial charge on any atom is 0.262 e. The molecule has 2 aromatic carbocycles. The predicted octanol–water partition coefficient (Wildman–Crippen LogP) is 1.84. The summed E-state index contributed by atoms with van der Waals surface area (Å²) >= 11 is 3.17. The molecule has 0 aromatic heterocycles. The Bertz CT molecular complexity index is 715. The number of ether oxygens (including phenoxy) is 2. The molecule has 23 heavy (non-hydrogen) atoms. The minimum absolute atomic E-state index is 0.114. The maximum absolute atomic E-state index is 11.9. The molecule has 0 fully saturated rings. The molecule has 0 heterocycles. The van der Waals surface area contributed by atoms with Gasteiger partial charge >= 0.3 is 0 Å². The second-order valence-corrected chi connectivity index (χ2v) is 5.41. The Hall–Kier alpha value is -2.54. The first-order valence-electron chi connectivity index (χ1n) is 6.57. The van der Waals surface area contributed by atoms with Crippen LogP contribution in [0.2, 0.25) is 0 Å². The van der Waals surface area contributed by atoms with Crippen LogP contribution in [-0.4, -0.2) is 25.6 Å². The van der Waals surface area contributed by atoms with Crippen LogP contribution in [0.25, 0.3) is 0 Å². The lowest BCUT2D eigenvalue weighted by molar-refractivity contribution is -0.254. The highest BCUT2D eigenvalue weighted by molar-refractivity contribution is 9.10. The zero-order valence-electron chi connectivity index (χ0n) is 12.2. The van der Waals surface area contributed by atoms with Crippen molar-refractivity contribution in [1.29, 1.82) is 0 Å². The minimum atomic E-state index is -1.38. The number of amides is 1. The molecule has 0 spiro atoms. The van der Waals surface area contributed by atoms with Gasteiger partial charge < -0.3 is 24.7 Å². The Morgan fingerprint density at radius 2 is 1.78 bits per heavy atom. The SMILES string of the molecule is COc1ccc(OCC(=O)Nc2ccc(Br)cc2C(=O)[O-])cc1. The number of aromatic carboxylic acids is 1. The van der Waals surface area contributed by atoms with Crippen molar-refractivity contribution in [2.45, 2.75) is 0 Å². The average Bonchev–Trinajstić information content (AvgIpc) is 2.55. The molecular weight excluding hydrogens is 366 g/mol. The van der Waals surface area contributed by atoms with Crippen molar-refractivity contribution >= 4 is 33.5 Å². The Morgan fingerprint density at radius 1 is 1.13 bits per heavy atom. The predicted molar refractivity (Wildman–Crippen MR) is 85.6 cm³/mol. The number of benzene rings is 2. The van der Waals surface area contributed by atoms with E-state index in [1.54, 1.807) is 37.4 Å². The monoisotopic (exact) mass is 378 g/mol. The number of rotatable bonds is 6. The number of hydrogen-bond acceptors (Lipinski definition) is 5. The molecule has 0 saturated carbocycles. The molecule has 120 valence electrons. The summed E-state index contributed by atoms with van der Waals surface area (Å²) in [5.41, 5.74) is 0.0358. The number of anilines is 1. The van der Waals surface area contributed by atoms with E-state index in [1.165, 1.54) is 12.1 Å². The average molecular weight is 379 g/mol. The van der Waals surface area contributed by atoms with Crippen molar-refractivity contribution < 1.29 is 24.2 Å². The van der Waals surface area contributed by atoms with Crippen LogP contribution in [0.1, 0.15) is 10.4 Å². The summed E-state index contributed by atoms with van der Waals surface area (Å²) in [6, 6.07) is 11.2. The van der Waals surface area contributed by atoms with Gasteiger partial charge in [-0.1, -0.05) is 15.9 Å². The van der Waals surface area contributed by atoms with E-state index in [4.69, 9.17) is 9.47 Å². The number of nitrogens with one attached hydrogen (secondary N) is 1. The van der Waals surface area contributed by atoms with E-state index < -0.39 is 11.9 Å². The lowest BCUT2D eigenvalue weighted by Crippen LogP contribution is -2.26. The van der Waals surface area contributed by atoms with Gasteiger partial charge in [-0.3, -0.25) is 4.79 Å². The number of carboxylic acid groups (broad SMARTS) is 1. The molecule has 1 amide bonds. The van der Waals surface area contributed by atoms with Crippen molar-refractivity contribution in [3.8, 4) is 11.5 Å². The van der Waals surface area contributed by atoms with Crippen molar-refractivity contribution in [2.24, 2.45) is 0 Å². The summed E-state index contributed by atoms with van der Waals surface area (Å²) in [5.74, 6) is -0.685. The van der Waals surface area contributed by atoms with Crippen LogP contribution >= 0.6 is 15.9 Å². The molecule has 6 nitrogen and oxygen atoms in total. The summed E-state index contributed by atoms with van der Waals surface area (Å²) < 4.78 is 10.9. The van der Waals surface area contributed by atoms with Crippen LogP contribution in [0.4, 0.5) is 5.69 Å². The summed E-state index contributed by atoms with van der Waals surface area (Å²) in [7, 11) is 1.55. The molecule has 2 aromatic rings. The standard InChI is InChI=1S/C16H14BrNO5/c1-22-11-3-5-12(6-4-11)23-9-15(19)18-14-7-2-10(17)8-13(14)16(20)21/h2-8H,9H2,1H3,(H,18,19)(H,20,21)/p-1. The molecule has 0 atom stereocenters. The molecule has 0 unspecified atom stereocenters. The number of carbonyl (C=O) groups is 2. The first kappa shape index (κ1) is 16.8. The highest BCUT2D eigenvalue weighted by atomic mass is 79.9. The fraction of sp³-hybridized carbons (Fsp3) is 0.125. The summed E-state index contributed by atoms with van der Waals surface area (Å²) in [6.07, 6.45) is 0.